The molecule has 0 heterocycles. The number of carbonyl (C=O) groups excluding carboxylic acids is 1. The highest BCUT2D eigenvalue weighted by atomic mass is 35.5. The molecule has 0 atom stereocenters. The molecule has 0 unspecified atom stereocenters. The molecule has 1 aromatic rings. The maximum atomic E-state index is 10.8. The van der Waals surface area contributed by atoms with Gasteiger partial charge in [-0.2, -0.15) is 0 Å². The number of hydrogen-bond acceptors (Lipinski definition) is 3. The van der Waals surface area contributed by atoms with Crippen LogP contribution in [-0.2, 0) is 11.2 Å². The lowest BCUT2D eigenvalue weighted by Gasteiger charge is -2.05. The Balaban J connectivity index is 3.28. The predicted molar refractivity (Wildman–Crippen MR) is 57.1 cm³/mol. The fourth-order valence-corrected chi connectivity index (χ4v) is 1.64. The monoisotopic (exact) mass is 227 g/mol. The van der Waals surface area contributed by atoms with Crippen molar-refractivity contribution in [3.8, 4) is 0 Å². The Morgan fingerprint density at radius 1 is 1.47 bits per heavy atom. The molecule has 0 amide bonds. The number of rotatable bonds is 3. The number of nitro groups is 1. The van der Waals surface area contributed by atoms with Crippen LogP contribution >= 0.6 is 11.6 Å². The van der Waals surface area contributed by atoms with Crippen molar-refractivity contribution in [2.45, 2.75) is 20.3 Å². The largest absolute Gasteiger partial charge is 0.281 e. The van der Waals surface area contributed by atoms with E-state index in [1.165, 1.54) is 0 Å². The van der Waals surface area contributed by atoms with E-state index in [2.05, 4.69) is 0 Å². The summed E-state index contributed by atoms with van der Waals surface area (Å²) in [4.78, 5) is 21.1. The lowest BCUT2D eigenvalue weighted by molar-refractivity contribution is -0.386. The zero-order valence-corrected chi connectivity index (χ0v) is 9.17. The molecule has 15 heavy (non-hydrogen) atoms. The standard InChI is InChI=1S/C10H10ClNO3/c1-6-3-4-8(5-9(11)13)7(2)10(6)12(14)15/h3-4H,5H2,1-2H3. The number of carbonyl (C=O) groups is 1. The van der Waals surface area contributed by atoms with Crippen LogP contribution in [0.25, 0.3) is 0 Å². The normalized spacial score (nSPS) is 10.1. The minimum atomic E-state index is -0.517. The van der Waals surface area contributed by atoms with Gasteiger partial charge in [0.2, 0.25) is 5.24 Å². The highest BCUT2D eigenvalue weighted by Crippen LogP contribution is 2.26. The van der Waals surface area contributed by atoms with Crippen LogP contribution in [0.3, 0.4) is 0 Å². The van der Waals surface area contributed by atoms with E-state index in [9.17, 15) is 14.9 Å². The van der Waals surface area contributed by atoms with Crippen molar-refractivity contribution in [1.82, 2.24) is 0 Å². The molecule has 4 nitrogen and oxygen atoms in total. The Hall–Kier alpha value is -1.42. The van der Waals surface area contributed by atoms with Gasteiger partial charge in [0, 0.05) is 17.5 Å². The van der Waals surface area contributed by atoms with E-state index < -0.39 is 10.2 Å². The number of nitrogens with zero attached hydrogens (tertiary/aromatic N) is 1. The molecule has 0 spiro atoms. The molecule has 0 bridgehead atoms. The zero-order valence-electron chi connectivity index (χ0n) is 8.41. The van der Waals surface area contributed by atoms with Crippen LogP contribution in [0.1, 0.15) is 16.7 Å². The average Bonchev–Trinajstić information content (AvgIpc) is 2.09. The first kappa shape index (κ1) is 11.7. The van der Waals surface area contributed by atoms with Gasteiger partial charge in [-0.3, -0.25) is 14.9 Å². The molecule has 0 saturated carbocycles. The molecule has 0 saturated heterocycles. The molecule has 0 aliphatic heterocycles. The van der Waals surface area contributed by atoms with Gasteiger partial charge in [0.25, 0.3) is 5.69 Å². The quantitative estimate of drug-likeness (QED) is 0.453. The van der Waals surface area contributed by atoms with Crippen molar-refractivity contribution < 1.29 is 9.72 Å². The second kappa shape index (κ2) is 4.40. The van der Waals surface area contributed by atoms with Crippen molar-refractivity contribution in [1.29, 1.82) is 0 Å². The van der Waals surface area contributed by atoms with Crippen LogP contribution in [0.15, 0.2) is 12.1 Å². The van der Waals surface area contributed by atoms with Gasteiger partial charge in [0.1, 0.15) is 0 Å². The summed E-state index contributed by atoms with van der Waals surface area (Å²) in [6.07, 6.45) is 0.0223. The van der Waals surface area contributed by atoms with E-state index in [1.807, 2.05) is 0 Å². The van der Waals surface area contributed by atoms with E-state index in [0.29, 0.717) is 16.7 Å². The van der Waals surface area contributed by atoms with Crippen molar-refractivity contribution in [2.24, 2.45) is 0 Å². The summed E-state index contributed by atoms with van der Waals surface area (Å²) < 4.78 is 0. The predicted octanol–water partition coefficient (Wildman–Crippen LogP) is 2.52. The van der Waals surface area contributed by atoms with Gasteiger partial charge < -0.3 is 0 Å². The number of nitro benzene ring substituents is 1. The fraction of sp³-hybridized carbons (Fsp3) is 0.300. The summed E-state index contributed by atoms with van der Waals surface area (Å²) in [6.45, 7) is 3.29. The van der Waals surface area contributed by atoms with Crippen LogP contribution in [0.2, 0.25) is 0 Å². The first-order chi connectivity index (χ1) is 6.93. The molecule has 0 fully saturated rings. The van der Waals surface area contributed by atoms with Gasteiger partial charge in [-0.15, -0.1) is 0 Å². The van der Waals surface area contributed by atoms with Gasteiger partial charge in [0.05, 0.1) is 4.92 Å². The summed E-state index contributed by atoms with van der Waals surface area (Å²) in [7, 11) is 0. The Kier molecular flexibility index (Phi) is 3.42. The van der Waals surface area contributed by atoms with E-state index >= 15 is 0 Å². The Bertz CT molecular complexity index is 429. The molecule has 0 aromatic heterocycles. The molecule has 0 radical (unpaired) electrons. The second-order valence-corrected chi connectivity index (χ2v) is 3.73. The minimum Gasteiger partial charge on any atom is -0.281 e. The Morgan fingerprint density at radius 3 is 2.53 bits per heavy atom. The number of benzene rings is 1. The van der Waals surface area contributed by atoms with Crippen LogP contribution < -0.4 is 0 Å². The number of aryl methyl sites for hydroxylation is 1. The Morgan fingerprint density at radius 2 is 2.07 bits per heavy atom. The van der Waals surface area contributed by atoms with E-state index in [4.69, 9.17) is 11.6 Å². The first-order valence-electron chi connectivity index (χ1n) is 4.35. The maximum Gasteiger partial charge on any atom is 0.275 e. The molecule has 0 aliphatic rings. The smallest absolute Gasteiger partial charge is 0.275 e. The fourth-order valence-electron chi connectivity index (χ4n) is 1.50. The summed E-state index contributed by atoms with van der Waals surface area (Å²) in [6, 6.07) is 3.32. The lowest BCUT2D eigenvalue weighted by Crippen LogP contribution is -2.02. The Labute approximate surface area is 92.0 Å². The molecular weight excluding hydrogens is 218 g/mol. The van der Waals surface area contributed by atoms with Crippen LogP contribution in [-0.4, -0.2) is 10.2 Å². The van der Waals surface area contributed by atoms with Crippen molar-refractivity contribution in [3.63, 3.8) is 0 Å². The van der Waals surface area contributed by atoms with Crippen molar-refractivity contribution in [2.75, 3.05) is 0 Å². The molecular formula is C10H10ClNO3. The molecule has 0 N–H and O–H groups in total. The summed E-state index contributed by atoms with van der Waals surface area (Å²) in [5.41, 5.74) is 1.76. The third-order valence-corrected chi connectivity index (χ3v) is 2.39. The zero-order chi connectivity index (χ0) is 11.6. The van der Waals surface area contributed by atoms with Crippen LogP contribution in [0.5, 0.6) is 0 Å². The minimum absolute atomic E-state index is 0.0223. The van der Waals surface area contributed by atoms with Gasteiger partial charge in [0.15, 0.2) is 0 Å². The third kappa shape index (κ3) is 2.53. The lowest BCUT2D eigenvalue weighted by atomic mass is 10.0. The van der Waals surface area contributed by atoms with Gasteiger partial charge in [-0.25, -0.2) is 0 Å². The van der Waals surface area contributed by atoms with Crippen molar-refractivity contribution >= 4 is 22.5 Å². The highest BCUT2D eigenvalue weighted by Gasteiger charge is 2.18. The second-order valence-electron chi connectivity index (χ2n) is 3.30. The number of hydrogen-bond donors (Lipinski definition) is 0. The molecule has 0 aliphatic carbocycles. The number of halogens is 1. The van der Waals surface area contributed by atoms with Gasteiger partial charge in [-0.05, 0) is 31.0 Å². The highest BCUT2D eigenvalue weighted by molar-refractivity contribution is 6.63. The van der Waals surface area contributed by atoms with E-state index in [1.54, 1.807) is 26.0 Å². The first-order valence-corrected chi connectivity index (χ1v) is 4.73. The van der Waals surface area contributed by atoms with Crippen LogP contribution in [0.4, 0.5) is 5.69 Å². The van der Waals surface area contributed by atoms with Gasteiger partial charge in [-0.1, -0.05) is 12.1 Å². The maximum absolute atomic E-state index is 10.8. The van der Waals surface area contributed by atoms with E-state index in [-0.39, 0.29) is 12.1 Å². The summed E-state index contributed by atoms with van der Waals surface area (Å²) in [5, 5.41) is 10.3. The van der Waals surface area contributed by atoms with Gasteiger partial charge >= 0.3 is 0 Å². The average molecular weight is 228 g/mol. The molecule has 5 heteroatoms. The van der Waals surface area contributed by atoms with Crippen molar-refractivity contribution in [3.05, 3.63) is 38.9 Å². The summed E-state index contributed by atoms with van der Waals surface area (Å²) >= 11 is 5.25. The van der Waals surface area contributed by atoms with Crippen LogP contribution in [0, 0.1) is 24.0 Å². The van der Waals surface area contributed by atoms with E-state index in [0.717, 1.165) is 0 Å². The third-order valence-electron chi connectivity index (χ3n) is 2.26. The molecule has 80 valence electrons. The molecule has 1 aromatic carbocycles. The SMILES string of the molecule is Cc1ccc(CC(=O)Cl)c(C)c1[N+](=O)[O-]. The molecule has 1 rings (SSSR count). The topological polar surface area (TPSA) is 60.2 Å². The summed E-state index contributed by atoms with van der Waals surface area (Å²) in [5.74, 6) is 0.